The average Bonchev–Trinajstić information content (AvgIpc) is 2.54. The molecule has 6 nitrogen and oxygen atoms in total. The first-order chi connectivity index (χ1) is 11.3. The van der Waals surface area contributed by atoms with Gasteiger partial charge >= 0.3 is 0 Å². The second kappa shape index (κ2) is 7.42. The minimum atomic E-state index is -3.06. The van der Waals surface area contributed by atoms with Crippen molar-refractivity contribution in [2.45, 2.75) is 32.1 Å². The molecule has 1 saturated heterocycles. The molecule has 0 bridgehead atoms. The van der Waals surface area contributed by atoms with Crippen LogP contribution in [0.3, 0.4) is 0 Å². The summed E-state index contributed by atoms with van der Waals surface area (Å²) < 4.78 is 28.7. The normalized spacial score (nSPS) is 19.8. The van der Waals surface area contributed by atoms with E-state index in [1.807, 2.05) is 36.1 Å². The second-order valence-electron chi connectivity index (χ2n) is 6.52. The maximum absolute atomic E-state index is 12.2. The first kappa shape index (κ1) is 18.6. The fourth-order valence-corrected chi connectivity index (χ4v) is 4.01. The van der Waals surface area contributed by atoms with Gasteiger partial charge in [-0.15, -0.1) is 0 Å². The van der Waals surface area contributed by atoms with E-state index in [9.17, 15) is 8.42 Å². The van der Waals surface area contributed by atoms with Crippen LogP contribution >= 0.6 is 0 Å². The van der Waals surface area contributed by atoms with Crippen molar-refractivity contribution in [1.82, 2.24) is 10.2 Å². The number of nitrogens with one attached hydrogen (secondary N) is 1. The number of aliphatic imine (C=N–C) groups is 1. The third kappa shape index (κ3) is 4.20. The van der Waals surface area contributed by atoms with Crippen LogP contribution in [-0.4, -0.2) is 56.5 Å². The Kier molecular flexibility index (Phi) is 5.74. The smallest absolute Gasteiger partial charge is 0.194 e. The van der Waals surface area contributed by atoms with Crippen molar-refractivity contribution < 1.29 is 13.2 Å². The lowest BCUT2D eigenvalue weighted by Gasteiger charge is -2.39. The van der Waals surface area contributed by atoms with E-state index < -0.39 is 14.6 Å². The van der Waals surface area contributed by atoms with Crippen LogP contribution in [0.1, 0.15) is 26.3 Å². The predicted molar refractivity (Wildman–Crippen MR) is 97.2 cm³/mol. The quantitative estimate of drug-likeness (QED) is 0.659. The molecule has 7 heteroatoms. The second-order valence-corrected chi connectivity index (χ2v) is 9.26. The maximum atomic E-state index is 12.2. The van der Waals surface area contributed by atoms with Crippen LogP contribution in [0.25, 0.3) is 0 Å². The molecule has 1 aliphatic heterocycles. The van der Waals surface area contributed by atoms with E-state index in [0.29, 0.717) is 19.6 Å². The van der Waals surface area contributed by atoms with Gasteiger partial charge in [-0.3, -0.25) is 0 Å². The molecule has 0 radical (unpaired) electrons. The van der Waals surface area contributed by atoms with Crippen molar-refractivity contribution in [2.24, 2.45) is 4.99 Å². The lowest BCUT2D eigenvalue weighted by atomic mass is 10.2. The third-order valence-electron chi connectivity index (χ3n) is 4.25. The minimum Gasteiger partial charge on any atom is -0.497 e. The molecule has 1 fully saturated rings. The zero-order valence-electron chi connectivity index (χ0n) is 14.9. The fourth-order valence-electron chi connectivity index (χ4n) is 2.65. The van der Waals surface area contributed by atoms with Crippen LogP contribution in [0.15, 0.2) is 29.3 Å². The largest absolute Gasteiger partial charge is 0.497 e. The maximum Gasteiger partial charge on any atom is 0.194 e. The Morgan fingerprint density at radius 2 is 2.00 bits per heavy atom. The van der Waals surface area contributed by atoms with Crippen molar-refractivity contribution in [3.63, 3.8) is 0 Å². The number of ether oxygens (including phenoxy) is 1. The van der Waals surface area contributed by atoms with Crippen LogP contribution in [0.4, 0.5) is 0 Å². The summed E-state index contributed by atoms with van der Waals surface area (Å²) in [5.74, 6) is 1.74. The molecule has 0 aliphatic carbocycles. The standard InChI is InChI=1S/C17H27N3O3S/c1-5-18-16(19-12-14-6-8-15(23-4)9-7-14)20-10-11-24(21,22)17(2,3)13-20/h6-9H,5,10-13H2,1-4H3,(H,18,19). The Balaban J connectivity index is 2.13. The fraction of sp³-hybridized carbons (Fsp3) is 0.588. The number of nitrogens with zero attached hydrogens (tertiary/aromatic N) is 2. The average molecular weight is 353 g/mol. The summed E-state index contributed by atoms with van der Waals surface area (Å²) in [6, 6.07) is 7.79. The predicted octanol–water partition coefficient (Wildman–Crippen LogP) is 1.67. The van der Waals surface area contributed by atoms with Gasteiger partial charge in [0, 0.05) is 19.6 Å². The van der Waals surface area contributed by atoms with E-state index >= 15 is 0 Å². The van der Waals surface area contributed by atoms with Crippen LogP contribution in [0.5, 0.6) is 5.75 Å². The molecule has 2 rings (SSSR count). The Labute approximate surface area is 144 Å². The van der Waals surface area contributed by atoms with E-state index in [0.717, 1.165) is 23.8 Å². The lowest BCUT2D eigenvalue weighted by Crippen LogP contribution is -2.57. The molecule has 1 aromatic carbocycles. The highest BCUT2D eigenvalue weighted by molar-refractivity contribution is 7.92. The Hall–Kier alpha value is -1.76. The van der Waals surface area contributed by atoms with E-state index in [-0.39, 0.29) is 5.75 Å². The Bertz CT molecular complexity index is 682. The molecule has 1 N–H and O–H groups in total. The van der Waals surface area contributed by atoms with E-state index in [1.165, 1.54) is 0 Å². The molecule has 24 heavy (non-hydrogen) atoms. The molecule has 0 unspecified atom stereocenters. The SMILES string of the molecule is CCNC(=NCc1ccc(OC)cc1)N1CCS(=O)(=O)C(C)(C)C1. The summed E-state index contributed by atoms with van der Waals surface area (Å²) in [5, 5.41) is 3.27. The number of benzene rings is 1. The molecular formula is C17H27N3O3S. The summed E-state index contributed by atoms with van der Waals surface area (Å²) >= 11 is 0. The summed E-state index contributed by atoms with van der Waals surface area (Å²) in [6.07, 6.45) is 0. The molecule has 0 aromatic heterocycles. The van der Waals surface area contributed by atoms with Gasteiger partial charge in [0.2, 0.25) is 0 Å². The van der Waals surface area contributed by atoms with E-state index in [4.69, 9.17) is 4.74 Å². The van der Waals surface area contributed by atoms with Gasteiger partial charge in [0.25, 0.3) is 0 Å². The zero-order valence-corrected chi connectivity index (χ0v) is 15.7. The van der Waals surface area contributed by atoms with Crippen molar-refractivity contribution >= 4 is 15.8 Å². The summed E-state index contributed by atoms with van der Waals surface area (Å²) in [4.78, 5) is 6.71. The molecule has 1 aromatic rings. The van der Waals surface area contributed by atoms with Gasteiger partial charge in [-0.2, -0.15) is 0 Å². The zero-order chi connectivity index (χ0) is 17.8. The third-order valence-corrected chi connectivity index (χ3v) is 6.78. The Morgan fingerprint density at radius 1 is 1.33 bits per heavy atom. The number of guanidine groups is 1. The van der Waals surface area contributed by atoms with Crippen LogP contribution < -0.4 is 10.1 Å². The number of hydrogen-bond acceptors (Lipinski definition) is 4. The molecular weight excluding hydrogens is 326 g/mol. The van der Waals surface area contributed by atoms with Crippen LogP contribution in [0, 0.1) is 0 Å². The van der Waals surface area contributed by atoms with Gasteiger partial charge in [-0.05, 0) is 38.5 Å². The Morgan fingerprint density at radius 3 is 2.54 bits per heavy atom. The van der Waals surface area contributed by atoms with Crippen LogP contribution in [-0.2, 0) is 16.4 Å². The molecule has 134 valence electrons. The summed E-state index contributed by atoms with van der Waals surface area (Å²) in [7, 11) is -1.41. The van der Waals surface area contributed by atoms with Crippen molar-refractivity contribution in [3.05, 3.63) is 29.8 Å². The van der Waals surface area contributed by atoms with E-state index in [1.54, 1.807) is 21.0 Å². The number of methoxy groups -OCH3 is 1. The van der Waals surface area contributed by atoms with Gasteiger partial charge in [0.15, 0.2) is 15.8 Å². The van der Waals surface area contributed by atoms with Gasteiger partial charge < -0.3 is 15.0 Å². The lowest BCUT2D eigenvalue weighted by molar-refractivity contribution is 0.353. The first-order valence-electron chi connectivity index (χ1n) is 8.17. The molecule has 1 heterocycles. The highest BCUT2D eigenvalue weighted by atomic mass is 32.2. The number of rotatable bonds is 4. The molecule has 0 saturated carbocycles. The molecule has 0 spiro atoms. The van der Waals surface area contributed by atoms with Gasteiger partial charge in [0.1, 0.15) is 5.75 Å². The van der Waals surface area contributed by atoms with Gasteiger partial charge in [0.05, 0.1) is 24.2 Å². The van der Waals surface area contributed by atoms with Crippen molar-refractivity contribution in [2.75, 3.05) is 32.5 Å². The molecule has 0 amide bonds. The van der Waals surface area contributed by atoms with Crippen molar-refractivity contribution in [1.29, 1.82) is 0 Å². The minimum absolute atomic E-state index is 0.160. The van der Waals surface area contributed by atoms with Crippen LogP contribution in [0.2, 0.25) is 0 Å². The van der Waals surface area contributed by atoms with E-state index in [2.05, 4.69) is 10.3 Å². The van der Waals surface area contributed by atoms with Crippen molar-refractivity contribution in [3.8, 4) is 5.75 Å². The molecule has 1 aliphatic rings. The number of sulfone groups is 1. The highest BCUT2D eigenvalue weighted by Crippen LogP contribution is 2.23. The topological polar surface area (TPSA) is 71.0 Å². The molecule has 0 atom stereocenters. The highest BCUT2D eigenvalue weighted by Gasteiger charge is 2.40. The summed E-state index contributed by atoms with van der Waals surface area (Å²) in [6.45, 7) is 7.77. The monoisotopic (exact) mass is 353 g/mol. The summed E-state index contributed by atoms with van der Waals surface area (Å²) in [5.41, 5.74) is 1.08. The van der Waals surface area contributed by atoms with Gasteiger partial charge in [-0.25, -0.2) is 13.4 Å². The number of hydrogen-bond donors (Lipinski definition) is 1. The first-order valence-corrected chi connectivity index (χ1v) is 9.83. The van der Waals surface area contributed by atoms with Gasteiger partial charge in [-0.1, -0.05) is 12.1 Å².